The Morgan fingerprint density at radius 2 is 2.13 bits per heavy atom. The Balaban J connectivity index is 1.99. The van der Waals surface area contributed by atoms with Gasteiger partial charge in [0.1, 0.15) is 5.82 Å². The monoisotopic (exact) mass is 349 g/mol. The van der Waals surface area contributed by atoms with Gasteiger partial charge in [-0.25, -0.2) is 14.1 Å². The third-order valence-corrected chi connectivity index (χ3v) is 4.76. The first-order chi connectivity index (χ1) is 11.0. The van der Waals surface area contributed by atoms with Gasteiger partial charge in [0, 0.05) is 16.3 Å². The number of nitrogens with zero attached hydrogens (tertiary/aromatic N) is 2. The molecule has 0 unspecified atom stereocenters. The number of benzene rings is 2. The number of rotatable bonds is 3. The second kappa shape index (κ2) is 6.22. The second-order valence-electron chi connectivity index (χ2n) is 5.08. The number of nitrogens with two attached hydrogens (primary N) is 1. The number of aromatic nitrogens is 2. The maximum absolute atomic E-state index is 13.8. The lowest BCUT2D eigenvalue weighted by molar-refractivity contribution is 0.617. The third-order valence-electron chi connectivity index (χ3n) is 3.43. The van der Waals surface area contributed by atoms with Gasteiger partial charge in [0.05, 0.1) is 10.9 Å². The van der Waals surface area contributed by atoms with Gasteiger partial charge in [-0.1, -0.05) is 41.1 Å². The average Bonchev–Trinajstić information content (AvgIpc) is 2.52. The molecule has 0 aliphatic rings. The van der Waals surface area contributed by atoms with Gasteiger partial charge < -0.3 is 5.84 Å². The van der Waals surface area contributed by atoms with Crippen LogP contribution in [0.25, 0.3) is 10.9 Å². The molecule has 0 amide bonds. The molecule has 0 aliphatic heterocycles. The third kappa shape index (κ3) is 3.04. The molecule has 4 nitrogen and oxygen atoms in total. The first-order valence-corrected chi connectivity index (χ1v) is 8.18. The lowest BCUT2D eigenvalue weighted by Crippen LogP contribution is -2.29. The van der Waals surface area contributed by atoms with E-state index in [1.54, 1.807) is 24.3 Å². The Labute approximate surface area is 141 Å². The molecule has 0 aliphatic carbocycles. The molecule has 0 atom stereocenters. The van der Waals surface area contributed by atoms with Crippen molar-refractivity contribution >= 4 is 34.3 Å². The maximum atomic E-state index is 13.8. The Morgan fingerprint density at radius 3 is 2.87 bits per heavy atom. The van der Waals surface area contributed by atoms with Crippen LogP contribution in [0.3, 0.4) is 0 Å². The van der Waals surface area contributed by atoms with Crippen LogP contribution in [0.15, 0.2) is 46.3 Å². The molecule has 0 bridgehead atoms. The van der Waals surface area contributed by atoms with Crippen LogP contribution in [0.2, 0.25) is 5.02 Å². The van der Waals surface area contributed by atoms with E-state index >= 15 is 0 Å². The molecule has 23 heavy (non-hydrogen) atoms. The quantitative estimate of drug-likeness (QED) is 0.446. The van der Waals surface area contributed by atoms with E-state index in [1.807, 2.05) is 13.0 Å². The highest BCUT2D eigenvalue weighted by Crippen LogP contribution is 2.27. The predicted octanol–water partition coefficient (Wildman–Crippen LogP) is 3.50. The normalized spacial score (nSPS) is 11.1. The molecular weight excluding hydrogens is 337 g/mol. The summed E-state index contributed by atoms with van der Waals surface area (Å²) in [7, 11) is 0. The van der Waals surface area contributed by atoms with Crippen molar-refractivity contribution in [3.63, 3.8) is 0 Å². The minimum absolute atomic E-state index is 0.229. The number of halogens is 2. The maximum Gasteiger partial charge on any atom is 0.280 e. The summed E-state index contributed by atoms with van der Waals surface area (Å²) in [5.74, 6) is 5.67. The van der Waals surface area contributed by atoms with E-state index in [0.29, 0.717) is 26.6 Å². The molecule has 3 rings (SSSR count). The van der Waals surface area contributed by atoms with E-state index in [9.17, 15) is 9.18 Å². The van der Waals surface area contributed by atoms with Crippen molar-refractivity contribution < 1.29 is 4.39 Å². The topological polar surface area (TPSA) is 60.9 Å². The molecule has 1 aromatic heterocycles. The van der Waals surface area contributed by atoms with Crippen molar-refractivity contribution in [2.75, 3.05) is 5.84 Å². The zero-order valence-corrected chi connectivity index (χ0v) is 13.8. The highest BCUT2D eigenvalue weighted by molar-refractivity contribution is 7.98. The van der Waals surface area contributed by atoms with Crippen molar-refractivity contribution in [1.29, 1.82) is 0 Å². The summed E-state index contributed by atoms with van der Waals surface area (Å²) in [4.78, 5) is 16.7. The molecular formula is C16H13ClFN3OS. The fourth-order valence-corrected chi connectivity index (χ4v) is 3.46. The van der Waals surface area contributed by atoms with Gasteiger partial charge in [-0.2, -0.15) is 0 Å². The summed E-state index contributed by atoms with van der Waals surface area (Å²) in [5, 5.41) is 1.10. The van der Waals surface area contributed by atoms with E-state index in [0.717, 1.165) is 22.0 Å². The predicted molar refractivity (Wildman–Crippen MR) is 91.9 cm³/mol. The number of nitrogen functional groups attached to an aromatic ring is 1. The van der Waals surface area contributed by atoms with Gasteiger partial charge in [-0.15, -0.1) is 0 Å². The summed E-state index contributed by atoms with van der Waals surface area (Å²) in [6, 6.07) is 9.89. The summed E-state index contributed by atoms with van der Waals surface area (Å²) in [5.41, 5.74) is 1.54. The van der Waals surface area contributed by atoms with E-state index in [-0.39, 0.29) is 11.3 Å². The Bertz CT molecular complexity index is 938. The zero-order chi connectivity index (χ0) is 16.6. The standard InChI is InChI=1S/C16H13ClFN3OS/c1-9-5-6-14-10(7-9)15(22)21(19)16(20-14)23-8-11-12(17)3-2-4-13(11)18/h2-7H,8,19H2,1H3. The summed E-state index contributed by atoms with van der Waals surface area (Å²) >= 11 is 7.17. The Morgan fingerprint density at radius 1 is 1.35 bits per heavy atom. The molecule has 0 saturated heterocycles. The Kier molecular flexibility index (Phi) is 4.28. The summed E-state index contributed by atoms with van der Waals surface area (Å²) in [6.07, 6.45) is 0. The number of thioether (sulfide) groups is 1. The van der Waals surface area contributed by atoms with Crippen molar-refractivity contribution in [2.24, 2.45) is 0 Å². The van der Waals surface area contributed by atoms with Crippen LogP contribution in [0.4, 0.5) is 4.39 Å². The van der Waals surface area contributed by atoms with Crippen LogP contribution < -0.4 is 11.4 Å². The van der Waals surface area contributed by atoms with Gasteiger partial charge in [0.25, 0.3) is 5.56 Å². The second-order valence-corrected chi connectivity index (χ2v) is 6.43. The number of fused-ring (bicyclic) bond motifs is 1. The SMILES string of the molecule is Cc1ccc2nc(SCc3c(F)cccc3Cl)n(N)c(=O)c2c1. The largest absolute Gasteiger partial charge is 0.334 e. The lowest BCUT2D eigenvalue weighted by atomic mass is 10.2. The first kappa shape index (κ1) is 15.8. The molecule has 0 saturated carbocycles. The molecule has 7 heteroatoms. The van der Waals surface area contributed by atoms with Crippen LogP contribution in [0, 0.1) is 12.7 Å². The number of hydrogen-bond acceptors (Lipinski definition) is 4. The first-order valence-electron chi connectivity index (χ1n) is 6.81. The number of hydrogen-bond donors (Lipinski definition) is 1. The van der Waals surface area contributed by atoms with E-state index in [2.05, 4.69) is 4.98 Å². The molecule has 118 valence electrons. The van der Waals surface area contributed by atoms with Crippen LogP contribution in [0.1, 0.15) is 11.1 Å². The fourth-order valence-electron chi connectivity index (χ4n) is 2.20. The summed E-state index contributed by atoms with van der Waals surface area (Å²) < 4.78 is 14.8. The highest BCUT2D eigenvalue weighted by atomic mass is 35.5. The molecule has 0 fully saturated rings. The molecule has 2 aromatic carbocycles. The average molecular weight is 350 g/mol. The van der Waals surface area contributed by atoms with Gasteiger partial charge in [0.15, 0.2) is 5.16 Å². The van der Waals surface area contributed by atoms with Gasteiger partial charge in [0.2, 0.25) is 0 Å². The smallest absolute Gasteiger partial charge is 0.280 e. The van der Waals surface area contributed by atoms with Gasteiger partial charge >= 0.3 is 0 Å². The van der Waals surface area contributed by atoms with Crippen molar-refractivity contribution in [2.45, 2.75) is 17.8 Å². The fraction of sp³-hybridized carbons (Fsp3) is 0.125. The van der Waals surface area contributed by atoms with E-state index < -0.39 is 5.82 Å². The highest BCUT2D eigenvalue weighted by Gasteiger charge is 2.13. The van der Waals surface area contributed by atoms with Gasteiger partial charge in [-0.3, -0.25) is 4.79 Å². The van der Waals surface area contributed by atoms with E-state index in [1.165, 1.54) is 6.07 Å². The number of aryl methyl sites for hydroxylation is 1. The van der Waals surface area contributed by atoms with Crippen molar-refractivity contribution in [1.82, 2.24) is 9.66 Å². The minimum atomic E-state index is -0.396. The van der Waals surface area contributed by atoms with E-state index in [4.69, 9.17) is 17.4 Å². The molecule has 3 aromatic rings. The molecule has 1 heterocycles. The van der Waals surface area contributed by atoms with Crippen LogP contribution in [-0.2, 0) is 5.75 Å². The minimum Gasteiger partial charge on any atom is -0.334 e. The molecule has 2 N–H and O–H groups in total. The molecule has 0 radical (unpaired) electrons. The Hall–Kier alpha value is -2.05. The van der Waals surface area contributed by atoms with Crippen LogP contribution >= 0.6 is 23.4 Å². The van der Waals surface area contributed by atoms with Gasteiger partial charge in [-0.05, 0) is 31.2 Å². The lowest BCUT2D eigenvalue weighted by Gasteiger charge is -2.10. The van der Waals surface area contributed by atoms with Crippen LogP contribution in [-0.4, -0.2) is 9.66 Å². The molecule has 0 spiro atoms. The summed E-state index contributed by atoms with van der Waals surface area (Å²) in [6.45, 7) is 1.89. The van der Waals surface area contributed by atoms with Crippen LogP contribution in [0.5, 0.6) is 0 Å². The van der Waals surface area contributed by atoms with Crippen molar-refractivity contribution in [3.8, 4) is 0 Å². The van der Waals surface area contributed by atoms with Crippen molar-refractivity contribution in [3.05, 3.63) is 68.7 Å². The zero-order valence-electron chi connectivity index (χ0n) is 12.2.